The van der Waals surface area contributed by atoms with Gasteiger partial charge in [0.25, 0.3) is 0 Å². The molecule has 3 rings (SSSR count). The van der Waals surface area contributed by atoms with Crippen molar-refractivity contribution >= 4 is 27.3 Å². The van der Waals surface area contributed by atoms with E-state index < -0.39 is 15.9 Å². The molecule has 3 aromatic heterocycles. The quantitative estimate of drug-likeness (QED) is 0.567. The normalized spacial score (nSPS) is 11.7. The number of nitrogens with zero attached hydrogens (tertiary/aromatic N) is 2. The van der Waals surface area contributed by atoms with Gasteiger partial charge >= 0.3 is 0 Å². The smallest absolute Gasteiger partial charge is 0.242 e. The van der Waals surface area contributed by atoms with Gasteiger partial charge in [-0.05, 0) is 32.0 Å². The first-order valence-corrected chi connectivity index (χ1v) is 10.8. The molecular weight excluding hydrogens is 404 g/mol. The van der Waals surface area contributed by atoms with Crippen molar-refractivity contribution < 1.29 is 22.2 Å². The van der Waals surface area contributed by atoms with E-state index in [-0.39, 0.29) is 18.0 Å². The van der Waals surface area contributed by atoms with Crippen LogP contribution in [0.2, 0.25) is 0 Å². The van der Waals surface area contributed by atoms with Gasteiger partial charge in [0.1, 0.15) is 11.5 Å². The van der Waals surface area contributed by atoms with Crippen LogP contribution in [0.15, 0.2) is 32.0 Å². The molecule has 3 heterocycles. The molecule has 0 bridgehead atoms. The van der Waals surface area contributed by atoms with E-state index >= 15 is 0 Å². The van der Waals surface area contributed by atoms with Crippen molar-refractivity contribution in [2.75, 3.05) is 6.54 Å². The number of carbonyl (C=O) groups excluding carboxylic acids is 1. The molecule has 0 saturated carbocycles. The fourth-order valence-corrected chi connectivity index (χ4v) is 4.90. The molecule has 0 atom stereocenters. The Hall–Kier alpha value is -2.50. The molecule has 0 aliphatic rings. The molecule has 0 aliphatic carbocycles. The van der Waals surface area contributed by atoms with E-state index in [4.69, 9.17) is 8.94 Å². The summed E-state index contributed by atoms with van der Waals surface area (Å²) in [4.78, 5) is 17.4. The van der Waals surface area contributed by atoms with Crippen molar-refractivity contribution in [3.8, 4) is 10.7 Å². The fourth-order valence-electron chi connectivity index (χ4n) is 2.41. The van der Waals surface area contributed by atoms with Crippen molar-refractivity contribution in [2.24, 2.45) is 0 Å². The number of carbonyl (C=O) groups is 1. The van der Waals surface area contributed by atoms with Crippen LogP contribution in [0.4, 0.5) is 0 Å². The van der Waals surface area contributed by atoms with E-state index in [9.17, 15) is 13.2 Å². The molecule has 0 fully saturated rings. The summed E-state index contributed by atoms with van der Waals surface area (Å²) < 4.78 is 37.9. The van der Waals surface area contributed by atoms with E-state index in [1.165, 1.54) is 17.4 Å². The third-order valence-electron chi connectivity index (χ3n) is 3.83. The van der Waals surface area contributed by atoms with Crippen LogP contribution >= 0.6 is 11.3 Å². The summed E-state index contributed by atoms with van der Waals surface area (Å²) in [6, 6.07) is 5.02. The Labute approximate surface area is 166 Å². The van der Waals surface area contributed by atoms with Gasteiger partial charge in [-0.3, -0.25) is 4.79 Å². The number of amides is 1. The fraction of sp³-hybridized carbons (Fsp3) is 0.353. The maximum atomic E-state index is 12.6. The van der Waals surface area contributed by atoms with Gasteiger partial charge in [0.2, 0.25) is 27.6 Å². The SMILES string of the molecule is CCc1nc(-c2cc(S(=O)(=O)NCC(=O)NCc3ccc(C)o3)c(C)s2)no1. The number of furan rings is 1. The van der Waals surface area contributed by atoms with Gasteiger partial charge in [0.05, 0.1) is 22.9 Å². The summed E-state index contributed by atoms with van der Waals surface area (Å²) in [5.74, 6) is 1.70. The topological polar surface area (TPSA) is 127 Å². The zero-order valence-corrected chi connectivity index (χ0v) is 17.2. The Morgan fingerprint density at radius 3 is 2.71 bits per heavy atom. The standard InChI is InChI=1S/C17H20N4O5S2/c1-4-16-20-17(21-26-16)13-7-14(11(3)27-13)28(23,24)19-9-15(22)18-8-12-6-5-10(2)25-12/h5-7,19H,4,8-9H2,1-3H3,(H,18,22). The number of aromatic nitrogens is 2. The molecule has 3 aromatic rings. The Bertz CT molecular complexity index is 1080. The first-order chi connectivity index (χ1) is 13.3. The zero-order valence-electron chi connectivity index (χ0n) is 15.6. The minimum Gasteiger partial charge on any atom is -0.465 e. The molecular formula is C17H20N4O5S2. The minimum absolute atomic E-state index is 0.0878. The lowest BCUT2D eigenvalue weighted by Crippen LogP contribution is -2.36. The highest BCUT2D eigenvalue weighted by Gasteiger charge is 2.23. The van der Waals surface area contributed by atoms with E-state index in [0.717, 1.165) is 5.76 Å². The second-order valence-electron chi connectivity index (χ2n) is 6.01. The van der Waals surface area contributed by atoms with Crippen molar-refractivity contribution in [3.63, 3.8) is 0 Å². The molecule has 0 radical (unpaired) electrons. The molecule has 150 valence electrons. The zero-order chi connectivity index (χ0) is 20.3. The van der Waals surface area contributed by atoms with Crippen LogP contribution in [-0.2, 0) is 27.8 Å². The van der Waals surface area contributed by atoms with Crippen molar-refractivity contribution in [3.05, 3.63) is 40.5 Å². The molecule has 0 aliphatic heterocycles. The van der Waals surface area contributed by atoms with Gasteiger partial charge in [0, 0.05) is 11.3 Å². The molecule has 0 saturated heterocycles. The van der Waals surface area contributed by atoms with Crippen LogP contribution < -0.4 is 10.0 Å². The first-order valence-electron chi connectivity index (χ1n) is 8.53. The maximum absolute atomic E-state index is 12.6. The Morgan fingerprint density at radius 2 is 2.07 bits per heavy atom. The lowest BCUT2D eigenvalue weighted by atomic mass is 10.4. The maximum Gasteiger partial charge on any atom is 0.242 e. The number of rotatable bonds is 8. The third kappa shape index (κ3) is 4.66. The number of hydrogen-bond acceptors (Lipinski definition) is 8. The third-order valence-corrected chi connectivity index (χ3v) is 6.53. The average molecular weight is 425 g/mol. The van der Waals surface area contributed by atoms with Gasteiger partial charge in [-0.15, -0.1) is 11.3 Å². The minimum atomic E-state index is -3.86. The Balaban J connectivity index is 1.63. The van der Waals surface area contributed by atoms with Gasteiger partial charge in [0.15, 0.2) is 0 Å². The van der Waals surface area contributed by atoms with Gasteiger partial charge in [-0.25, -0.2) is 13.1 Å². The monoisotopic (exact) mass is 424 g/mol. The molecule has 9 nitrogen and oxygen atoms in total. The predicted molar refractivity (Wildman–Crippen MR) is 102 cm³/mol. The Kier molecular flexibility index (Phi) is 5.96. The summed E-state index contributed by atoms with van der Waals surface area (Å²) in [7, 11) is -3.86. The first kappa shape index (κ1) is 20.2. The predicted octanol–water partition coefficient (Wildman–Crippen LogP) is 2.17. The van der Waals surface area contributed by atoms with Crippen molar-refractivity contribution in [1.29, 1.82) is 0 Å². The van der Waals surface area contributed by atoms with Gasteiger partial charge in [-0.1, -0.05) is 12.1 Å². The van der Waals surface area contributed by atoms with Crippen LogP contribution in [-0.4, -0.2) is 31.0 Å². The largest absolute Gasteiger partial charge is 0.465 e. The van der Waals surface area contributed by atoms with Crippen molar-refractivity contribution in [1.82, 2.24) is 20.2 Å². The molecule has 0 spiro atoms. The van der Waals surface area contributed by atoms with E-state index in [2.05, 4.69) is 20.2 Å². The van der Waals surface area contributed by atoms with Gasteiger partial charge < -0.3 is 14.3 Å². The highest BCUT2D eigenvalue weighted by atomic mass is 32.2. The highest BCUT2D eigenvalue weighted by molar-refractivity contribution is 7.89. The summed E-state index contributed by atoms with van der Waals surface area (Å²) in [6.45, 7) is 5.18. The van der Waals surface area contributed by atoms with Crippen molar-refractivity contribution in [2.45, 2.75) is 38.6 Å². The van der Waals surface area contributed by atoms with Crippen LogP contribution in [0, 0.1) is 13.8 Å². The number of sulfonamides is 1. The van der Waals surface area contributed by atoms with Crippen LogP contribution in [0.25, 0.3) is 10.7 Å². The molecule has 28 heavy (non-hydrogen) atoms. The molecule has 11 heteroatoms. The van der Waals surface area contributed by atoms with E-state index in [1.807, 2.05) is 6.92 Å². The number of nitrogens with one attached hydrogen (secondary N) is 2. The summed E-state index contributed by atoms with van der Waals surface area (Å²) in [5, 5.41) is 6.46. The second kappa shape index (κ2) is 8.25. The average Bonchev–Trinajstić information content (AvgIpc) is 3.37. The van der Waals surface area contributed by atoms with E-state index in [1.54, 1.807) is 26.0 Å². The number of hydrogen-bond donors (Lipinski definition) is 2. The van der Waals surface area contributed by atoms with Crippen LogP contribution in [0.5, 0.6) is 0 Å². The molecule has 0 unspecified atom stereocenters. The lowest BCUT2D eigenvalue weighted by molar-refractivity contribution is -0.120. The van der Waals surface area contributed by atoms with Crippen LogP contribution in [0.3, 0.4) is 0 Å². The second-order valence-corrected chi connectivity index (χ2v) is 9.00. The number of thiophene rings is 1. The number of aryl methyl sites for hydroxylation is 3. The molecule has 2 N–H and O–H groups in total. The highest BCUT2D eigenvalue weighted by Crippen LogP contribution is 2.31. The van der Waals surface area contributed by atoms with Crippen LogP contribution in [0.1, 0.15) is 29.2 Å². The molecule has 1 amide bonds. The summed E-state index contributed by atoms with van der Waals surface area (Å²) >= 11 is 1.25. The summed E-state index contributed by atoms with van der Waals surface area (Å²) in [5.41, 5.74) is 0. The Morgan fingerprint density at radius 1 is 1.29 bits per heavy atom. The lowest BCUT2D eigenvalue weighted by Gasteiger charge is -2.06. The summed E-state index contributed by atoms with van der Waals surface area (Å²) in [6.07, 6.45) is 0.594. The van der Waals surface area contributed by atoms with E-state index in [0.29, 0.717) is 33.7 Å². The van der Waals surface area contributed by atoms with Gasteiger partial charge in [-0.2, -0.15) is 4.98 Å². The molecule has 0 aromatic carbocycles.